The highest BCUT2D eigenvalue weighted by molar-refractivity contribution is 5.75. The van der Waals surface area contributed by atoms with Crippen LogP contribution in [0.1, 0.15) is 32.5 Å². The number of ether oxygens (including phenoxy) is 1. The van der Waals surface area contributed by atoms with Crippen molar-refractivity contribution in [3.05, 3.63) is 30.1 Å². The molecule has 1 fully saturated rings. The largest absolute Gasteiger partial charge is 0.381 e. The van der Waals surface area contributed by atoms with Crippen molar-refractivity contribution in [1.29, 1.82) is 0 Å². The number of nitrogens with one attached hydrogen (secondary N) is 1. The number of nitrogens with zero attached hydrogens (tertiary/aromatic N) is 2. The molecular formula is C16H23N3O. The number of hydrogen-bond donors (Lipinski definition) is 1. The van der Waals surface area contributed by atoms with E-state index < -0.39 is 0 Å². The van der Waals surface area contributed by atoms with Crippen molar-refractivity contribution in [3.63, 3.8) is 0 Å². The maximum Gasteiger partial charge on any atom is 0.123 e. The molecule has 0 saturated carbocycles. The number of hydrogen-bond acceptors (Lipinski definition) is 3. The molecule has 1 aliphatic rings. The molecule has 1 aliphatic heterocycles. The number of aromatic nitrogens is 2. The Kier molecular flexibility index (Phi) is 3.76. The Labute approximate surface area is 120 Å². The fourth-order valence-electron chi connectivity index (χ4n) is 2.90. The second kappa shape index (κ2) is 5.54. The first kappa shape index (κ1) is 13.6. The van der Waals surface area contributed by atoms with Gasteiger partial charge in [-0.25, -0.2) is 4.98 Å². The van der Waals surface area contributed by atoms with Gasteiger partial charge >= 0.3 is 0 Å². The van der Waals surface area contributed by atoms with Crippen LogP contribution in [-0.4, -0.2) is 28.3 Å². The van der Waals surface area contributed by atoms with Gasteiger partial charge in [0.05, 0.1) is 17.6 Å². The number of para-hydroxylation sites is 2. The van der Waals surface area contributed by atoms with E-state index in [0.29, 0.717) is 0 Å². The molecule has 4 nitrogen and oxygen atoms in total. The van der Waals surface area contributed by atoms with Gasteiger partial charge < -0.3 is 14.6 Å². The van der Waals surface area contributed by atoms with Gasteiger partial charge in [0, 0.05) is 25.3 Å². The van der Waals surface area contributed by atoms with Gasteiger partial charge in [0.25, 0.3) is 0 Å². The van der Waals surface area contributed by atoms with Gasteiger partial charge in [-0.3, -0.25) is 0 Å². The van der Waals surface area contributed by atoms with Crippen LogP contribution in [0.15, 0.2) is 24.3 Å². The molecule has 1 aromatic heterocycles. The van der Waals surface area contributed by atoms with E-state index in [-0.39, 0.29) is 5.54 Å². The fraction of sp³-hybridized carbons (Fsp3) is 0.562. The summed E-state index contributed by atoms with van der Waals surface area (Å²) in [6.45, 7) is 7.94. The third kappa shape index (κ3) is 2.58. The van der Waals surface area contributed by atoms with E-state index in [0.717, 1.165) is 50.5 Å². The van der Waals surface area contributed by atoms with Crippen molar-refractivity contribution in [3.8, 4) is 0 Å². The SMILES string of the molecule is CCn1c(CNC2(C)CCOCC2)nc2ccccc21. The van der Waals surface area contributed by atoms with Crippen molar-refractivity contribution >= 4 is 11.0 Å². The van der Waals surface area contributed by atoms with Crippen LogP contribution >= 0.6 is 0 Å². The number of imidazole rings is 1. The van der Waals surface area contributed by atoms with Crippen molar-refractivity contribution in [2.24, 2.45) is 0 Å². The molecule has 0 atom stereocenters. The lowest BCUT2D eigenvalue weighted by atomic mass is 9.92. The van der Waals surface area contributed by atoms with Crippen LogP contribution in [0.25, 0.3) is 11.0 Å². The van der Waals surface area contributed by atoms with Crippen molar-refractivity contribution in [2.75, 3.05) is 13.2 Å². The van der Waals surface area contributed by atoms with Gasteiger partial charge in [0.1, 0.15) is 5.82 Å². The quantitative estimate of drug-likeness (QED) is 0.931. The van der Waals surface area contributed by atoms with Gasteiger partial charge in [0.2, 0.25) is 0 Å². The number of fused-ring (bicyclic) bond motifs is 1. The lowest BCUT2D eigenvalue weighted by Gasteiger charge is -2.34. The van der Waals surface area contributed by atoms with E-state index in [1.165, 1.54) is 5.52 Å². The number of rotatable bonds is 4. The molecule has 0 bridgehead atoms. The Morgan fingerprint density at radius 3 is 2.80 bits per heavy atom. The van der Waals surface area contributed by atoms with Gasteiger partial charge in [-0.2, -0.15) is 0 Å². The van der Waals surface area contributed by atoms with Crippen molar-refractivity contribution in [2.45, 2.75) is 45.3 Å². The van der Waals surface area contributed by atoms with Crippen molar-refractivity contribution in [1.82, 2.24) is 14.9 Å². The zero-order chi connectivity index (χ0) is 14.0. The normalized spacial score (nSPS) is 18.5. The number of aryl methyl sites for hydroxylation is 1. The zero-order valence-electron chi connectivity index (χ0n) is 12.4. The van der Waals surface area contributed by atoms with E-state index in [2.05, 4.69) is 41.9 Å². The van der Waals surface area contributed by atoms with Crippen LogP contribution in [0.3, 0.4) is 0 Å². The summed E-state index contributed by atoms with van der Waals surface area (Å²) in [4.78, 5) is 4.77. The molecule has 0 amide bonds. The summed E-state index contributed by atoms with van der Waals surface area (Å²) in [5, 5.41) is 3.69. The fourth-order valence-corrected chi connectivity index (χ4v) is 2.90. The van der Waals surface area contributed by atoms with Gasteiger partial charge in [-0.1, -0.05) is 12.1 Å². The highest BCUT2D eigenvalue weighted by atomic mass is 16.5. The topological polar surface area (TPSA) is 39.1 Å². The molecule has 20 heavy (non-hydrogen) atoms. The minimum Gasteiger partial charge on any atom is -0.381 e. The molecule has 0 radical (unpaired) electrons. The molecule has 4 heteroatoms. The second-order valence-corrected chi connectivity index (χ2v) is 5.79. The standard InChI is InChI=1S/C16H23N3O/c1-3-19-14-7-5-4-6-13(14)18-15(19)12-17-16(2)8-10-20-11-9-16/h4-7,17H,3,8-12H2,1-2H3. The van der Waals surface area contributed by atoms with Crippen LogP contribution in [0, 0.1) is 0 Å². The predicted octanol–water partition coefficient (Wildman–Crippen LogP) is 2.71. The van der Waals surface area contributed by atoms with Crippen LogP contribution in [0.5, 0.6) is 0 Å². The van der Waals surface area contributed by atoms with E-state index in [9.17, 15) is 0 Å². The van der Waals surface area contributed by atoms with Crippen LogP contribution in [0.2, 0.25) is 0 Å². The maximum absolute atomic E-state index is 5.45. The predicted molar refractivity (Wildman–Crippen MR) is 80.7 cm³/mol. The molecule has 0 unspecified atom stereocenters. The van der Waals surface area contributed by atoms with E-state index in [4.69, 9.17) is 9.72 Å². The van der Waals surface area contributed by atoms with Gasteiger partial charge in [-0.15, -0.1) is 0 Å². The van der Waals surface area contributed by atoms with E-state index in [1.54, 1.807) is 0 Å². The average molecular weight is 273 g/mol. The Balaban J connectivity index is 1.80. The highest BCUT2D eigenvalue weighted by Gasteiger charge is 2.27. The second-order valence-electron chi connectivity index (χ2n) is 5.79. The summed E-state index contributed by atoms with van der Waals surface area (Å²) < 4.78 is 7.75. The monoisotopic (exact) mass is 273 g/mol. The maximum atomic E-state index is 5.45. The van der Waals surface area contributed by atoms with Gasteiger partial charge in [-0.05, 0) is 38.8 Å². The third-order valence-corrected chi connectivity index (χ3v) is 4.32. The van der Waals surface area contributed by atoms with E-state index in [1.807, 2.05) is 6.07 Å². The minimum absolute atomic E-state index is 0.176. The Morgan fingerprint density at radius 1 is 1.30 bits per heavy atom. The Bertz CT molecular complexity index is 584. The summed E-state index contributed by atoms with van der Waals surface area (Å²) in [6, 6.07) is 8.35. The zero-order valence-corrected chi connectivity index (χ0v) is 12.4. The summed E-state index contributed by atoms with van der Waals surface area (Å²) in [5.74, 6) is 1.13. The molecule has 2 heterocycles. The average Bonchev–Trinajstić information content (AvgIpc) is 2.83. The lowest BCUT2D eigenvalue weighted by molar-refractivity contribution is 0.0442. The van der Waals surface area contributed by atoms with E-state index >= 15 is 0 Å². The molecule has 2 aromatic rings. The summed E-state index contributed by atoms with van der Waals surface area (Å²) in [6.07, 6.45) is 2.14. The van der Waals surface area contributed by atoms with Crippen LogP contribution in [0.4, 0.5) is 0 Å². The molecule has 1 saturated heterocycles. The van der Waals surface area contributed by atoms with Crippen LogP contribution in [-0.2, 0) is 17.8 Å². The first-order chi connectivity index (χ1) is 9.72. The molecule has 108 valence electrons. The third-order valence-electron chi connectivity index (χ3n) is 4.32. The number of benzene rings is 1. The Hall–Kier alpha value is -1.39. The Morgan fingerprint density at radius 2 is 2.05 bits per heavy atom. The molecular weight excluding hydrogens is 250 g/mol. The summed E-state index contributed by atoms with van der Waals surface area (Å²) >= 11 is 0. The first-order valence-corrected chi connectivity index (χ1v) is 7.49. The summed E-state index contributed by atoms with van der Waals surface area (Å²) in [5.41, 5.74) is 2.49. The molecule has 0 spiro atoms. The molecule has 1 N–H and O–H groups in total. The molecule has 1 aromatic carbocycles. The molecule has 0 aliphatic carbocycles. The van der Waals surface area contributed by atoms with Crippen LogP contribution < -0.4 is 5.32 Å². The minimum atomic E-state index is 0.176. The van der Waals surface area contributed by atoms with Crippen molar-refractivity contribution < 1.29 is 4.74 Å². The highest BCUT2D eigenvalue weighted by Crippen LogP contribution is 2.21. The van der Waals surface area contributed by atoms with Gasteiger partial charge in [0.15, 0.2) is 0 Å². The first-order valence-electron chi connectivity index (χ1n) is 7.49. The molecule has 3 rings (SSSR count). The summed E-state index contributed by atoms with van der Waals surface area (Å²) in [7, 11) is 0. The smallest absolute Gasteiger partial charge is 0.123 e. The lowest BCUT2D eigenvalue weighted by Crippen LogP contribution is -2.46.